The van der Waals surface area contributed by atoms with Gasteiger partial charge in [-0.1, -0.05) is 6.07 Å². The Morgan fingerprint density at radius 3 is 2.95 bits per heavy atom. The maximum absolute atomic E-state index is 12.2. The highest BCUT2D eigenvalue weighted by atomic mass is 32.2. The van der Waals surface area contributed by atoms with Gasteiger partial charge in [-0.2, -0.15) is 5.10 Å². The minimum Gasteiger partial charge on any atom is -0.394 e. The molecule has 1 heterocycles. The maximum Gasteiger partial charge on any atom is 0.265 e. The summed E-state index contributed by atoms with van der Waals surface area (Å²) < 4.78 is 28.3. The van der Waals surface area contributed by atoms with Crippen LogP contribution in [0.4, 0.5) is 5.69 Å². The monoisotopic (exact) mass is 313 g/mol. The SMILES string of the molecule is CSc1cccc(NS(=O)(=O)c2cnn(CCO)c2)c1. The Balaban J connectivity index is 2.21. The molecule has 0 aliphatic carbocycles. The van der Waals surface area contributed by atoms with E-state index in [2.05, 4.69) is 9.82 Å². The Kier molecular flexibility index (Phi) is 4.69. The molecule has 2 N–H and O–H groups in total. The average molecular weight is 313 g/mol. The second kappa shape index (κ2) is 6.29. The first kappa shape index (κ1) is 14.9. The molecule has 0 aliphatic heterocycles. The Hall–Kier alpha value is -1.51. The number of aliphatic hydroxyl groups excluding tert-OH is 1. The Morgan fingerprint density at radius 2 is 2.25 bits per heavy atom. The normalized spacial score (nSPS) is 11.5. The highest BCUT2D eigenvalue weighted by Crippen LogP contribution is 2.21. The standard InChI is InChI=1S/C12H15N3O3S2/c1-19-11-4-2-3-10(7-11)14-20(17,18)12-8-13-15(9-12)5-6-16/h2-4,7-9,14,16H,5-6H2,1H3. The summed E-state index contributed by atoms with van der Waals surface area (Å²) in [7, 11) is -3.66. The van der Waals surface area contributed by atoms with Crippen LogP contribution in [0.25, 0.3) is 0 Å². The van der Waals surface area contributed by atoms with E-state index in [-0.39, 0.29) is 18.0 Å². The zero-order valence-corrected chi connectivity index (χ0v) is 12.5. The number of anilines is 1. The van der Waals surface area contributed by atoms with Gasteiger partial charge in [0.2, 0.25) is 0 Å². The van der Waals surface area contributed by atoms with Gasteiger partial charge in [-0.3, -0.25) is 9.40 Å². The van der Waals surface area contributed by atoms with Crippen molar-refractivity contribution in [1.29, 1.82) is 0 Å². The van der Waals surface area contributed by atoms with E-state index in [1.807, 2.05) is 12.3 Å². The predicted octanol–water partition coefficient (Wildman–Crippen LogP) is 1.40. The molecular weight excluding hydrogens is 298 g/mol. The number of nitrogens with one attached hydrogen (secondary N) is 1. The van der Waals surface area contributed by atoms with Gasteiger partial charge in [0.15, 0.2) is 0 Å². The lowest BCUT2D eigenvalue weighted by Crippen LogP contribution is -2.12. The van der Waals surface area contributed by atoms with Crippen LogP contribution in [-0.2, 0) is 16.6 Å². The van der Waals surface area contributed by atoms with Crippen molar-refractivity contribution in [2.24, 2.45) is 0 Å². The van der Waals surface area contributed by atoms with Crippen molar-refractivity contribution in [3.63, 3.8) is 0 Å². The number of aromatic nitrogens is 2. The molecule has 0 fully saturated rings. The summed E-state index contributed by atoms with van der Waals surface area (Å²) in [5.74, 6) is 0. The minimum absolute atomic E-state index is 0.0699. The number of benzene rings is 1. The third-order valence-corrected chi connectivity index (χ3v) is 4.63. The van der Waals surface area contributed by atoms with E-state index in [1.54, 1.807) is 18.2 Å². The average Bonchev–Trinajstić information content (AvgIpc) is 2.88. The molecule has 1 aromatic heterocycles. The molecule has 0 spiro atoms. The van der Waals surface area contributed by atoms with E-state index in [0.29, 0.717) is 5.69 Å². The van der Waals surface area contributed by atoms with Crippen LogP contribution in [0.1, 0.15) is 0 Å². The quantitative estimate of drug-likeness (QED) is 0.788. The summed E-state index contributed by atoms with van der Waals surface area (Å²) in [6.07, 6.45) is 4.57. The van der Waals surface area contributed by atoms with Gasteiger partial charge in [0.1, 0.15) is 4.90 Å². The Bertz CT molecular complexity index is 683. The van der Waals surface area contributed by atoms with Crippen LogP contribution in [0.2, 0.25) is 0 Å². The summed E-state index contributed by atoms with van der Waals surface area (Å²) in [4.78, 5) is 1.04. The molecule has 1 aromatic carbocycles. The van der Waals surface area contributed by atoms with Gasteiger partial charge in [-0.15, -0.1) is 11.8 Å². The Morgan fingerprint density at radius 1 is 1.45 bits per heavy atom. The highest BCUT2D eigenvalue weighted by molar-refractivity contribution is 7.98. The third kappa shape index (κ3) is 3.53. The second-order valence-corrected chi connectivity index (χ2v) is 6.56. The molecule has 20 heavy (non-hydrogen) atoms. The fourth-order valence-corrected chi connectivity index (χ4v) is 3.07. The fraction of sp³-hybridized carbons (Fsp3) is 0.250. The minimum atomic E-state index is -3.66. The molecule has 0 saturated heterocycles. The van der Waals surface area contributed by atoms with E-state index in [0.717, 1.165) is 4.90 Å². The lowest BCUT2D eigenvalue weighted by Gasteiger charge is -2.07. The molecule has 108 valence electrons. The van der Waals surface area contributed by atoms with Crippen molar-refractivity contribution >= 4 is 27.5 Å². The van der Waals surface area contributed by atoms with Crippen molar-refractivity contribution in [1.82, 2.24) is 9.78 Å². The van der Waals surface area contributed by atoms with E-state index < -0.39 is 10.0 Å². The lowest BCUT2D eigenvalue weighted by molar-refractivity contribution is 0.269. The molecule has 0 unspecified atom stereocenters. The van der Waals surface area contributed by atoms with Crippen LogP contribution in [-0.4, -0.2) is 36.2 Å². The molecule has 0 radical (unpaired) electrons. The first-order chi connectivity index (χ1) is 9.55. The van der Waals surface area contributed by atoms with E-state index >= 15 is 0 Å². The van der Waals surface area contributed by atoms with Crippen LogP contribution < -0.4 is 4.72 Å². The van der Waals surface area contributed by atoms with Gasteiger partial charge in [-0.05, 0) is 24.5 Å². The van der Waals surface area contributed by atoms with Crippen molar-refractivity contribution in [2.75, 3.05) is 17.6 Å². The molecule has 0 aliphatic rings. The predicted molar refractivity (Wildman–Crippen MR) is 78.3 cm³/mol. The first-order valence-electron chi connectivity index (χ1n) is 5.85. The maximum atomic E-state index is 12.2. The molecule has 0 saturated carbocycles. The van der Waals surface area contributed by atoms with E-state index in [9.17, 15) is 8.42 Å². The van der Waals surface area contributed by atoms with Crippen molar-refractivity contribution in [3.8, 4) is 0 Å². The van der Waals surface area contributed by atoms with Gasteiger partial charge in [0.05, 0.1) is 19.3 Å². The number of hydrogen-bond donors (Lipinski definition) is 2. The summed E-state index contributed by atoms with van der Waals surface area (Å²) in [5.41, 5.74) is 0.506. The summed E-state index contributed by atoms with van der Waals surface area (Å²) >= 11 is 1.54. The molecule has 2 rings (SSSR count). The zero-order valence-electron chi connectivity index (χ0n) is 10.9. The number of sulfonamides is 1. The summed E-state index contributed by atoms with van der Waals surface area (Å²) in [6.45, 7) is 0.168. The van der Waals surface area contributed by atoms with E-state index in [4.69, 9.17) is 5.11 Å². The molecule has 0 bridgehead atoms. The fourth-order valence-electron chi connectivity index (χ4n) is 1.61. The lowest BCUT2D eigenvalue weighted by atomic mass is 10.3. The van der Waals surface area contributed by atoms with Gasteiger partial charge in [-0.25, -0.2) is 8.42 Å². The second-order valence-electron chi connectivity index (χ2n) is 4.00. The zero-order chi connectivity index (χ0) is 14.6. The van der Waals surface area contributed by atoms with Crippen LogP contribution in [0.15, 0.2) is 46.5 Å². The van der Waals surface area contributed by atoms with Gasteiger partial charge < -0.3 is 5.11 Å². The molecule has 6 nitrogen and oxygen atoms in total. The van der Waals surface area contributed by atoms with Crippen LogP contribution in [0, 0.1) is 0 Å². The van der Waals surface area contributed by atoms with Crippen molar-refractivity contribution in [2.45, 2.75) is 16.3 Å². The number of rotatable bonds is 6. The smallest absolute Gasteiger partial charge is 0.265 e. The molecule has 0 atom stereocenters. The largest absolute Gasteiger partial charge is 0.394 e. The Labute approximate surface area is 121 Å². The van der Waals surface area contributed by atoms with Crippen LogP contribution in [0.3, 0.4) is 0 Å². The topological polar surface area (TPSA) is 84.2 Å². The number of thioether (sulfide) groups is 1. The summed E-state index contributed by atoms with van der Waals surface area (Å²) in [5, 5.41) is 12.7. The third-order valence-electron chi connectivity index (χ3n) is 2.57. The van der Waals surface area contributed by atoms with Gasteiger partial charge >= 0.3 is 0 Å². The van der Waals surface area contributed by atoms with Crippen molar-refractivity contribution in [3.05, 3.63) is 36.7 Å². The number of nitrogens with zero attached hydrogens (tertiary/aromatic N) is 2. The molecule has 0 amide bonds. The van der Waals surface area contributed by atoms with Gasteiger partial charge in [0, 0.05) is 16.8 Å². The molecule has 8 heteroatoms. The van der Waals surface area contributed by atoms with Crippen molar-refractivity contribution < 1.29 is 13.5 Å². The van der Waals surface area contributed by atoms with E-state index in [1.165, 1.54) is 28.8 Å². The highest BCUT2D eigenvalue weighted by Gasteiger charge is 2.16. The molecule has 2 aromatic rings. The number of aliphatic hydroxyl groups is 1. The van der Waals surface area contributed by atoms with Crippen LogP contribution >= 0.6 is 11.8 Å². The number of hydrogen-bond acceptors (Lipinski definition) is 5. The van der Waals surface area contributed by atoms with Crippen LogP contribution in [0.5, 0.6) is 0 Å². The summed E-state index contributed by atoms with van der Waals surface area (Å²) in [6, 6.07) is 7.15. The van der Waals surface area contributed by atoms with Gasteiger partial charge in [0.25, 0.3) is 10.0 Å². The first-order valence-corrected chi connectivity index (χ1v) is 8.56. The molecular formula is C12H15N3O3S2.